The molecule has 4 heteroatoms. The van der Waals surface area contributed by atoms with E-state index in [4.69, 9.17) is 4.74 Å². The third kappa shape index (κ3) is 4.21. The van der Waals surface area contributed by atoms with Gasteiger partial charge in [0.2, 0.25) is 5.91 Å². The van der Waals surface area contributed by atoms with Gasteiger partial charge in [0.15, 0.2) is 0 Å². The van der Waals surface area contributed by atoms with Gasteiger partial charge >= 0.3 is 0 Å². The van der Waals surface area contributed by atoms with Gasteiger partial charge in [0, 0.05) is 12.5 Å². The average molecular weight is 290 g/mol. The molecule has 0 spiro atoms. The highest BCUT2D eigenvalue weighted by molar-refractivity contribution is 5.78. The number of ether oxygens (including phenoxy) is 1. The maximum absolute atomic E-state index is 12.2. The van der Waals surface area contributed by atoms with Gasteiger partial charge in [-0.25, -0.2) is 0 Å². The zero-order valence-electron chi connectivity index (χ0n) is 13.3. The average Bonchev–Trinajstić information content (AvgIpc) is 3.02. The lowest BCUT2D eigenvalue weighted by Crippen LogP contribution is -2.37. The Kier molecular flexibility index (Phi) is 5.62. The molecule has 0 aromatic heterocycles. The van der Waals surface area contributed by atoms with Crippen molar-refractivity contribution < 1.29 is 9.53 Å². The van der Waals surface area contributed by atoms with E-state index in [-0.39, 0.29) is 17.9 Å². The first-order valence-electron chi connectivity index (χ1n) is 7.70. The van der Waals surface area contributed by atoms with Crippen molar-refractivity contribution >= 4 is 5.91 Å². The highest BCUT2D eigenvalue weighted by atomic mass is 16.5. The van der Waals surface area contributed by atoms with Crippen LogP contribution in [-0.2, 0) is 4.79 Å². The van der Waals surface area contributed by atoms with Crippen LogP contribution in [0.1, 0.15) is 37.3 Å². The summed E-state index contributed by atoms with van der Waals surface area (Å²) < 4.78 is 5.19. The van der Waals surface area contributed by atoms with Crippen LogP contribution in [0.2, 0.25) is 0 Å². The molecule has 4 nitrogen and oxygen atoms in total. The molecule has 1 aliphatic rings. The largest absolute Gasteiger partial charge is 0.497 e. The van der Waals surface area contributed by atoms with Crippen LogP contribution in [0, 0.1) is 5.92 Å². The van der Waals surface area contributed by atoms with Crippen LogP contribution in [0.15, 0.2) is 24.3 Å². The third-order valence-corrected chi connectivity index (χ3v) is 4.32. The fourth-order valence-electron chi connectivity index (χ4n) is 2.95. The van der Waals surface area contributed by atoms with Crippen molar-refractivity contribution in [3.05, 3.63) is 29.8 Å². The van der Waals surface area contributed by atoms with Crippen LogP contribution in [0.25, 0.3) is 0 Å². The Balaban J connectivity index is 1.96. The fraction of sp³-hybridized carbons (Fsp3) is 0.588. The van der Waals surface area contributed by atoms with Gasteiger partial charge in [-0.3, -0.25) is 4.79 Å². The fourth-order valence-corrected chi connectivity index (χ4v) is 2.95. The number of hydrogen-bond acceptors (Lipinski definition) is 3. The van der Waals surface area contributed by atoms with Crippen molar-refractivity contribution in [1.29, 1.82) is 0 Å². The van der Waals surface area contributed by atoms with Crippen molar-refractivity contribution in [2.24, 2.45) is 5.92 Å². The number of nitrogens with zero attached hydrogens (tertiary/aromatic N) is 1. The Hall–Kier alpha value is -1.55. The van der Waals surface area contributed by atoms with Crippen molar-refractivity contribution in [3.8, 4) is 5.75 Å². The standard InChI is InChI=1S/C17H26N2O2/c1-19(2)16(13-8-10-15(21-3)11-9-13)12-18-17(20)14-6-4-5-7-14/h8-11,14,16H,4-7,12H2,1-3H3,(H,18,20). The summed E-state index contributed by atoms with van der Waals surface area (Å²) >= 11 is 0. The molecule has 1 atom stereocenters. The van der Waals surface area contributed by atoms with Gasteiger partial charge in [-0.15, -0.1) is 0 Å². The summed E-state index contributed by atoms with van der Waals surface area (Å²) in [6.07, 6.45) is 4.46. The molecule has 1 N–H and O–H groups in total. The molecule has 0 radical (unpaired) electrons. The van der Waals surface area contributed by atoms with Crippen LogP contribution in [0.4, 0.5) is 0 Å². The first-order valence-corrected chi connectivity index (χ1v) is 7.70. The molecular formula is C17H26N2O2. The maximum atomic E-state index is 12.2. The zero-order valence-corrected chi connectivity index (χ0v) is 13.3. The normalized spacial score (nSPS) is 17.0. The molecule has 1 aliphatic carbocycles. The molecule has 1 amide bonds. The lowest BCUT2D eigenvalue weighted by Gasteiger charge is -2.26. The van der Waals surface area contributed by atoms with E-state index in [0.29, 0.717) is 6.54 Å². The van der Waals surface area contributed by atoms with E-state index in [1.807, 2.05) is 26.2 Å². The summed E-state index contributed by atoms with van der Waals surface area (Å²) in [4.78, 5) is 14.3. The summed E-state index contributed by atoms with van der Waals surface area (Å²) in [6.45, 7) is 0.647. The van der Waals surface area contributed by atoms with Crippen molar-refractivity contribution in [2.45, 2.75) is 31.7 Å². The Morgan fingerprint density at radius 1 is 1.29 bits per heavy atom. The number of benzene rings is 1. The third-order valence-electron chi connectivity index (χ3n) is 4.32. The first-order chi connectivity index (χ1) is 10.1. The minimum atomic E-state index is 0.182. The molecule has 1 saturated carbocycles. The molecule has 2 rings (SSSR count). The molecule has 1 aromatic carbocycles. The van der Waals surface area contributed by atoms with Crippen LogP contribution in [0.5, 0.6) is 5.75 Å². The van der Waals surface area contributed by atoms with Crippen molar-refractivity contribution in [2.75, 3.05) is 27.7 Å². The number of carbonyl (C=O) groups excluding carboxylic acids is 1. The molecule has 116 valence electrons. The van der Waals surface area contributed by atoms with Gasteiger partial charge in [0.1, 0.15) is 5.75 Å². The Morgan fingerprint density at radius 2 is 1.90 bits per heavy atom. The van der Waals surface area contributed by atoms with Crippen LogP contribution >= 0.6 is 0 Å². The van der Waals surface area contributed by atoms with E-state index in [2.05, 4.69) is 22.3 Å². The van der Waals surface area contributed by atoms with Crippen LogP contribution < -0.4 is 10.1 Å². The maximum Gasteiger partial charge on any atom is 0.223 e. The van der Waals surface area contributed by atoms with E-state index in [1.54, 1.807) is 7.11 Å². The second kappa shape index (κ2) is 7.46. The molecule has 0 heterocycles. The summed E-state index contributed by atoms with van der Waals surface area (Å²) in [5.41, 5.74) is 1.19. The van der Waals surface area contributed by atoms with Gasteiger partial charge in [-0.2, -0.15) is 0 Å². The quantitative estimate of drug-likeness (QED) is 0.875. The van der Waals surface area contributed by atoms with Gasteiger partial charge in [-0.05, 0) is 44.6 Å². The molecule has 1 unspecified atom stereocenters. The van der Waals surface area contributed by atoms with Crippen molar-refractivity contribution in [3.63, 3.8) is 0 Å². The number of methoxy groups -OCH3 is 1. The zero-order chi connectivity index (χ0) is 15.2. The Labute approximate surface area is 127 Å². The predicted molar refractivity (Wildman–Crippen MR) is 84.4 cm³/mol. The Bertz CT molecular complexity index is 450. The number of rotatable bonds is 6. The van der Waals surface area contributed by atoms with E-state index in [9.17, 15) is 4.79 Å². The summed E-state index contributed by atoms with van der Waals surface area (Å²) in [5.74, 6) is 1.29. The minimum absolute atomic E-state index is 0.182. The summed E-state index contributed by atoms with van der Waals surface area (Å²) in [7, 11) is 5.74. The molecular weight excluding hydrogens is 264 g/mol. The molecule has 1 aromatic rings. The number of amides is 1. The predicted octanol–water partition coefficient (Wildman–Crippen LogP) is 2.60. The van der Waals surface area contributed by atoms with Crippen LogP contribution in [0.3, 0.4) is 0 Å². The second-order valence-corrected chi connectivity index (χ2v) is 5.98. The lowest BCUT2D eigenvalue weighted by molar-refractivity contribution is -0.125. The molecule has 21 heavy (non-hydrogen) atoms. The topological polar surface area (TPSA) is 41.6 Å². The number of carbonyl (C=O) groups is 1. The van der Waals surface area contributed by atoms with Gasteiger partial charge < -0.3 is 15.0 Å². The summed E-state index contributed by atoms with van der Waals surface area (Å²) in [5, 5.41) is 3.12. The monoisotopic (exact) mass is 290 g/mol. The molecule has 0 saturated heterocycles. The number of likely N-dealkylation sites (N-methyl/N-ethyl adjacent to an activating group) is 1. The highest BCUT2D eigenvalue weighted by Crippen LogP contribution is 2.25. The smallest absolute Gasteiger partial charge is 0.223 e. The second-order valence-electron chi connectivity index (χ2n) is 5.98. The SMILES string of the molecule is COc1ccc(C(CNC(=O)C2CCCC2)N(C)C)cc1. The molecule has 0 aliphatic heterocycles. The summed E-state index contributed by atoms with van der Waals surface area (Å²) in [6, 6.07) is 8.23. The van der Waals surface area contributed by atoms with E-state index >= 15 is 0 Å². The van der Waals surface area contributed by atoms with Gasteiger partial charge in [-0.1, -0.05) is 25.0 Å². The van der Waals surface area contributed by atoms with Gasteiger partial charge in [0.05, 0.1) is 13.2 Å². The number of nitrogens with one attached hydrogen (secondary N) is 1. The first kappa shape index (κ1) is 15.8. The van der Waals surface area contributed by atoms with Gasteiger partial charge in [0.25, 0.3) is 0 Å². The van der Waals surface area contributed by atoms with E-state index < -0.39 is 0 Å². The van der Waals surface area contributed by atoms with E-state index in [0.717, 1.165) is 18.6 Å². The molecule has 0 bridgehead atoms. The Morgan fingerprint density at radius 3 is 2.43 bits per heavy atom. The highest BCUT2D eigenvalue weighted by Gasteiger charge is 2.23. The van der Waals surface area contributed by atoms with Crippen molar-refractivity contribution in [1.82, 2.24) is 10.2 Å². The molecule has 1 fully saturated rings. The number of hydrogen-bond donors (Lipinski definition) is 1. The van der Waals surface area contributed by atoms with Crippen LogP contribution in [-0.4, -0.2) is 38.6 Å². The van der Waals surface area contributed by atoms with E-state index in [1.165, 1.54) is 18.4 Å². The minimum Gasteiger partial charge on any atom is -0.497 e. The lowest BCUT2D eigenvalue weighted by atomic mass is 10.0.